The van der Waals surface area contributed by atoms with Gasteiger partial charge in [0.2, 0.25) is 0 Å². The van der Waals surface area contributed by atoms with Gasteiger partial charge in [0.15, 0.2) is 0 Å². The molecule has 0 heterocycles. The molecule has 1 rings (SSSR count). The number of aromatic carboxylic acids is 1. The molecule has 3 N–H and O–H groups in total. The van der Waals surface area contributed by atoms with Crippen molar-refractivity contribution in [3.8, 4) is 0 Å². The summed E-state index contributed by atoms with van der Waals surface area (Å²) >= 11 is 3.23. The Labute approximate surface area is 119 Å². The summed E-state index contributed by atoms with van der Waals surface area (Å²) in [5, 5.41) is 14.2. The number of carboxylic acid groups (broad SMARTS) is 1. The second-order valence-corrected chi connectivity index (χ2v) is 4.93. The van der Waals surface area contributed by atoms with Gasteiger partial charge in [0.1, 0.15) is 0 Å². The zero-order valence-corrected chi connectivity index (χ0v) is 12.0. The van der Waals surface area contributed by atoms with Crippen LogP contribution < -0.4 is 10.6 Å². The Bertz CT molecular complexity index is 503. The normalized spacial score (nSPS) is 11.5. The number of hydrogen-bond donors (Lipinski definition) is 3. The number of urea groups is 1. The van der Waals surface area contributed by atoms with Crippen molar-refractivity contribution in [2.75, 3.05) is 5.32 Å². The standard InChI is InChI=1S/C13H15BrN2O3/c1-3-4-8(2)15-13(19)16-11-7-9(14)5-6-10(11)12(17)18/h3,5-8H,1,4H2,2H3,(H,17,18)(H2,15,16,19). The third-order valence-corrected chi connectivity index (χ3v) is 2.85. The Morgan fingerprint density at radius 2 is 2.21 bits per heavy atom. The summed E-state index contributed by atoms with van der Waals surface area (Å²) in [7, 11) is 0. The van der Waals surface area contributed by atoms with Crippen molar-refractivity contribution in [3.05, 3.63) is 40.9 Å². The van der Waals surface area contributed by atoms with E-state index in [1.165, 1.54) is 6.07 Å². The van der Waals surface area contributed by atoms with E-state index < -0.39 is 12.0 Å². The number of anilines is 1. The summed E-state index contributed by atoms with van der Waals surface area (Å²) in [6.45, 7) is 5.42. The average Bonchev–Trinajstić information content (AvgIpc) is 2.28. The molecule has 2 amide bonds. The monoisotopic (exact) mass is 326 g/mol. The molecular weight excluding hydrogens is 312 g/mol. The van der Waals surface area contributed by atoms with Gasteiger partial charge in [-0.15, -0.1) is 6.58 Å². The fourth-order valence-electron chi connectivity index (χ4n) is 1.50. The number of nitrogens with one attached hydrogen (secondary N) is 2. The van der Waals surface area contributed by atoms with Crippen molar-refractivity contribution in [2.24, 2.45) is 0 Å². The van der Waals surface area contributed by atoms with Crippen molar-refractivity contribution in [2.45, 2.75) is 19.4 Å². The highest BCUT2D eigenvalue weighted by atomic mass is 79.9. The molecule has 0 fully saturated rings. The molecule has 0 spiro atoms. The van der Waals surface area contributed by atoms with Crippen molar-refractivity contribution >= 4 is 33.6 Å². The second-order valence-electron chi connectivity index (χ2n) is 4.02. The average molecular weight is 327 g/mol. The molecule has 6 heteroatoms. The number of halogens is 1. The summed E-state index contributed by atoms with van der Waals surface area (Å²) in [4.78, 5) is 22.8. The molecule has 19 heavy (non-hydrogen) atoms. The minimum atomic E-state index is -1.10. The van der Waals surface area contributed by atoms with E-state index in [2.05, 4.69) is 33.1 Å². The molecule has 5 nitrogen and oxygen atoms in total. The van der Waals surface area contributed by atoms with Crippen LogP contribution in [-0.2, 0) is 0 Å². The Balaban J connectivity index is 2.81. The first-order valence-corrected chi connectivity index (χ1v) is 6.44. The van der Waals surface area contributed by atoms with Gasteiger partial charge in [0.25, 0.3) is 0 Å². The highest BCUT2D eigenvalue weighted by Gasteiger charge is 2.13. The van der Waals surface area contributed by atoms with Crippen molar-refractivity contribution in [3.63, 3.8) is 0 Å². The molecule has 1 aromatic carbocycles. The lowest BCUT2D eigenvalue weighted by Crippen LogP contribution is -2.36. The highest BCUT2D eigenvalue weighted by Crippen LogP contribution is 2.21. The Morgan fingerprint density at radius 1 is 1.53 bits per heavy atom. The maximum Gasteiger partial charge on any atom is 0.337 e. The highest BCUT2D eigenvalue weighted by molar-refractivity contribution is 9.10. The van der Waals surface area contributed by atoms with E-state index in [-0.39, 0.29) is 17.3 Å². The Hall–Kier alpha value is -1.82. The topological polar surface area (TPSA) is 78.4 Å². The fraction of sp³-hybridized carbons (Fsp3) is 0.231. The third kappa shape index (κ3) is 4.75. The van der Waals surface area contributed by atoms with E-state index >= 15 is 0 Å². The van der Waals surface area contributed by atoms with Gasteiger partial charge in [-0.2, -0.15) is 0 Å². The van der Waals surface area contributed by atoms with E-state index in [4.69, 9.17) is 5.11 Å². The summed E-state index contributed by atoms with van der Waals surface area (Å²) in [5.74, 6) is -1.10. The summed E-state index contributed by atoms with van der Waals surface area (Å²) in [6.07, 6.45) is 2.34. The predicted octanol–water partition coefficient (Wildman–Crippen LogP) is 3.23. The number of carboxylic acids is 1. The SMILES string of the molecule is C=CCC(C)NC(=O)Nc1cc(Br)ccc1C(=O)O. The van der Waals surface area contributed by atoms with Crippen LogP contribution >= 0.6 is 15.9 Å². The van der Waals surface area contributed by atoms with E-state index in [1.54, 1.807) is 18.2 Å². The predicted molar refractivity (Wildman–Crippen MR) is 77.5 cm³/mol. The number of carbonyl (C=O) groups excluding carboxylic acids is 1. The van der Waals surface area contributed by atoms with Crippen molar-refractivity contribution < 1.29 is 14.7 Å². The van der Waals surface area contributed by atoms with Gasteiger partial charge < -0.3 is 15.7 Å². The van der Waals surface area contributed by atoms with Gasteiger partial charge in [-0.05, 0) is 31.5 Å². The number of hydrogen-bond acceptors (Lipinski definition) is 2. The molecule has 1 unspecified atom stereocenters. The van der Waals surface area contributed by atoms with Crippen LogP contribution in [0, 0.1) is 0 Å². The maximum atomic E-state index is 11.7. The molecule has 1 atom stereocenters. The molecule has 0 aliphatic rings. The van der Waals surface area contributed by atoms with Crippen LogP contribution in [0.5, 0.6) is 0 Å². The molecule has 0 bridgehead atoms. The quantitative estimate of drug-likeness (QED) is 0.727. The van der Waals surface area contributed by atoms with Crippen LogP contribution in [0.3, 0.4) is 0 Å². The van der Waals surface area contributed by atoms with Gasteiger partial charge in [0, 0.05) is 10.5 Å². The van der Waals surface area contributed by atoms with Gasteiger partial charge in [0.05, 0.1) is 11.3 Å². The van der Waals surface area contributed by atoms with Gasteiger partial charge in [-0.1, -0.05) is 22.0 Å². The first-order valence-electron chi connectivity index (χ1n) is 5.65. The zero-order chi connectivity index (χ0) is 14.4. The maximum absolute atomic E-state index is 11.7. The summed E-state index contributed by atoms with van der Waals surface area (Å²) in [5.41, 5.74) is 0.278. The first kappa shape index (κ1) is 15.2. The van der Waals surface area contributed by atoms with Crippen LogP contribution in [-0.4, -0.2) is 23.1 Å². The van der Waals surface area contributed by atoms with Gasteiger partial charge in [-0.25, -0.2) is 9.59 Å². The van der Waals surface area contributed by atoms with Crippen molar-refractivity contribution in [1.82, 2.24) is 5.32 Å². The van der Waals surface area contributed by atoms with Crippen LogP contribution in [0.15, 0.2) is 35.3 Å². The van der Waals surface area contributed by atoms with Gasteiger partial charge in [-0.3, -0.25) is 0 Å². The summed E-state index contributed by atoms with van der Waals surface area (Å²) in [6, 6.07) is 4.05. The third-order valence-electron chi connectivity index (χ3n) is 2.36. The molecule has 0 aliphatic heterocycles. The van der Waals surface area contributed by atoms with Crippen LogP contribution in [0.2, 0.25) is 0 Å². The molecule has 0 aliphatic carbocycles. The lowest BCUT2D eigenvalue weighted by atomic mass is 10.2. The fourth-order valence-corrected chi connectivity index (χ4v) is 1.86. The summed E-state index contributed by atoms with van der Waals surface area (Å²) < 4.78 is 0.687. The van der Waals surface area contributed by atoms with Crippen LogP contribution in [0.1, 0.15) is 23.7 Å². The molecule has 0 saturated heterocycles. The van der Waals surface area contributed by atoms with E-state index in [0.717, 1.165) is 0 Å². The Kier molecular flexibility index (Phi) is 5.57. The molecule has 0 aromatic heterocycles. The van der Waals surface area contributed by atoms with Crippen LogP contribution in [0.25, 0.3) is 0 Å². The smallest absolute Gasteiger partial charge is 0.337 e. The Morgan fingerprint density at radius 3 is 2.79 bits per heavy atom. The van der Waals surface area contributed by atoms with E-state index in [9.17, 15) is 9.59 Å². The molecule has 1 aromatic rings. The van der Waals surface area contributed by atoms with E-state index in [1.807, 2.05) is 6.92 Å². The number of amides is 2. The molecular formula is C13H15BrN2O3. The second kappa shape index (κ2) is 6.94. The van der Waals surface area contributed by atoms with Crippen LogP contribution in [0.4, 0.5) is 10.5 Å². The first-order chi connectivity index (χ1) is 8.93. The number of rotatable bonds is 5. The van der Waals surface area contributed by atoms with E-state index in [0.29, 0.717) is 10.9 Å². The lowest BCUT2D eigenvalue weighted by molar-refractivity contribution is 0.0698. The van der Waals surface area contributed by atoms with Crippen molar-refractivity contribution in [1.29, 1.82) is 0 Å². The number of benzene rings is 1. The minimum absolute atomic E-state index is 0.0368. The lowest BCUT2D eigenvalue weighted by Gasteiger charge is -2.14. The molecule has 102 valence electrons. The number of carbonyl (C=O) groups is 2. The van der Waals surface area contributed by atoms with Gasteiger partial charge >= 0.3 is 12.0 Å². The minimum Gasteiger partial charge on any atom is -0.478 e. The molecule has 0 saturated carbocycles. The largest absolute Gasteiger partial charge is 0.478 e. The molecule has 0 radical (unpaired) electrons. The zero-order valence-electron chi connectivity index (χ0n) is 10.4.